The van der Waals surface area contributed by atoms with Gasteiger partial charge in [0, 0.05) is 19.1 Å². The molecule has 1 saturated heterocycles. The largest absolute Gasteiger partial charge is 0.480 e. The molecule has 0 aromatic carbocycles. The van der Waals surface area contributed by atoms with Gasteiger partial charge in [0.25, 0.3) is 0 Å². The molecule has 3 N–H and O–H groups in total. The predicted octanol–water partition coefficient (Wildman–Crippen LogP) is -1.16. The first-order valence-electron chi connectivity index (χ1n) is 5.35. The number of carboxylic acids is 1. The van der Waals surface area contributed by atoms with Gasteiger partial charge < -0.3 is 15.6 Å². The number of hydrogen-bond acceptors (Lipinski definition) is 5. The summed E-state index contributed by atoms with van der Waals surface area (Å²) in [6, 6.07) is -0.298. The number of aliphatic carboxylic acids is 1. The van der Waals surface area contributed by atoms with Crippen molar-refractivity contribution in [1.82, 2.24) is 4.31 Å². The summed E-state index contributed by atoms with van der Waals surface area (Å²) >= 11 is 0. The third-order valence-electron chi connectivity index (χ3n) is 2.80. The minimum absolute atomic E-state index is 0.109. The summed E-state index contributed by atoms with van der Waals surface area (Å²) in [6.07, 6.45) is -0.389. The highest BCUT2D eigenvalue weighted by atomic mass is 32.2. The Hall–Kier alpha value is -0.700. The average Bonchev–Trinajstić information content (AvgIpc) is 2.28. The molecule has 0 spiro atoms. The fourth-order valence-corrected chi connectivity index (χ4v) is 2.94. The summed E-state index contributed by atoms with van der Waals surface area (Å²) < 4.78 is 30.4. The van der Waals surface area contributed by atoms with Gasteiger partial charge in [-0.05, 0) is 13.8 Å². The Balaban J connectivity index is 2.82. The lowest BCUT2D eigenvalue weighted by Gasteiger charge is -2.34. The van der Waals surface area contributed by atoms with Crippen LogP contribution in [0.5, 0.6) is 0 Å². The molecule has 0 radical (unpaired) electrons. The lowest BCUT2D eigenvalue weighted by atomic mass is 10.2. The second-order valence-electron chi connectivity index (χ2n) is 4.15. The Bertz CT molecular complexity index is 381. The molecule has 1 heterocycles. The molecule has 7 nitrogen and oxygen atoms in total. The van der Waals surface area contributed by atoms with Gasteiger partial charge in [0.2, 0.25) is 10.0 Å². The molecule has 1 fully saturated rings. The van der Waals surface area contributed by atoms with Crippen molar-refractivity contribution in [2.75, 3.05) is 19.7 Å². The van der Waals surface area contributed by atoms with Crippen molar-refractivity contribution in [3.05, 3.63) is 0 Å². The van der Waals surface area contributed by atoms with Crippen LogP contribution in [0.15, 0.2) is 0 Å². The van der Waals surface area contributed by atoms with Gasteiger partial charge in [-0.15, -0.1) is 0 Å². The Morgan fingerprint density at radius 2 is 2.12 bits per heavy atom. The van der Waals surface area contributed by atoms with Crippen molar-refractivity contribution in [3.63, 3.8) is 0 Å². The van der Waals surface area contributed by atoms with E-state index in [0.717, 1.165) is 11.2 Å². The van der Waals surface area contributed by atoms with E-state index in [1.165, 1.54) is 0 Å². The molecule has 1 rings (SSSR count). The van der Waals surface area contributed by atoms with E-state index in [1.807, 2.05) is 0 Å². The SMILES string of the molecule is CC(N)C1CN(S(=O)(=O)C(C)C(=O)O)CCO1. The maximum Gasteiger partial charge on any atom is 0.323 e. The summed E-state index contributed by atoms with van der Waals surface area (Å²) in [4.78, 5) is 10.7. The molecule has 0 amide bonds. The molecule has 0 aromatic rings. The smallest absolute Gasteiger partial charge is 0.323 e. The van der Waals surface area contributed by atoms with Gasteiger partial charge in [0.05, 0.1) is 12.7 Å². The molecule has 17 heavy (non-hydrogen) atoms. The molecule has 0 saturated carbocycles. The summed E-state index contributed by atoms with van der Waals surface area (Å²) in [5.41, 5.74) is 5.65. The summed E-state index contributed by atoms with van der Waals surface area (Å²) in [5.74, 6) is -1.35. The van der Waals surface area contributed by atoms with Crippen molar-refractivity contribution >= 4 is 16.0 Å². The first kappa shape index (κ1) is 14.4. The second-order valence-corrected chi connectivity index (χ2v) is 6.41. The average molecular weight is 266 g/mol. The Labute approximate surface area is 101 Å². The van der Waals surface area contributed by atoms with Crippen molar-refractivity contribution < 1.29 is 23.1 Å². The van der Waals surface area contributed by atoms with Crippen molar-refractivity contribution in [3.8, 4) is 0 Å². The molecule has 3 atom stereocenters. The third kappa shape index (κ3) is 3.15. The maximum atomic E-state index is 11.9. The van der Waals surface area contributed by atoms with E-state index in [0.29, 0.717) is 0 Å². The van der Waals surface area contributed by atoms with E-state index in [9.17, 15) is 13.2 Å². The number of carbonyl (C=O) groups is 1. The monoisotopic (exact) mass is 266 g/mol. The first-order chi connectivity index (χ1) is 7.76. The highest BCUT2D eigenvalue weighted by Gasteiger charge is 2.37. The van der Waals surface area contributed by atoms with Gasteiger partial charge in [0.1, 0.15) is 0 Å². The lowest BCUT2D eigenvalue weighted by molar-refractivity contribution is -0.136. The summed E-state index contributed by atoms with van der Waals surface area (Å²) in [6.45, 7) is 3.40. The number of rotatable bonds is 4. The van der Waals surface area contributed by atoms with Crippen molar-refractivity contribution in [2.24, 2.45) is 5.73 Å². The highest BCUT2D eigenvalue weighted by Crippen LogP contribution is 2.15. The van der Waals surface area contributed by atoms with Gasteiger partial charge >= 0.3 is 5.97 Å². The van der Waals surface area contributed by atoms with Crippen molar-refractivity contribution in [1.29, 1.82) is 0 Å². The van der Waals surface area contributed by atoms with Gasteiger partial charge in [0.15, 0.2) is 5.25 Å². The number of nitrogens with zero attached hydrogens (tertiary/aromatic N) is 1. The van der Waals surface area contributed by atoms with Gasteiger partial charge in [-0.3, -0.25) is 4.79 Å². The number of hydrogen-bond donors (Lipinski definition) is 2. The topological polar surface area (TPSA) is 110 Å². The summed E-state index contributed by atoms with van der Waals surface area (Å²) in [5, 5.41) is 7.31. The zero-order valence-corrected chi connectivity index (χ0v) is 10.7. The fraction of sp³-hybridized carbons (Fsp3) is 0.889. The van der Waals surface area contributed by atoms with Crippen LogP contribution in [-0.2, 0) is 19.6 Å². The molecule has 0 bridgehead atoms. The minimum atomic E-state index is -3.83. The summed E-state index contributed by atoms with van der Waals surface area (Å²) in [7, 11) is -3.83. The predicted molar refractivity (Wildman–Crippen MR) is 61.0 cm³/mol. The Morgan fingerprint density at radius 1 is 1.53 bits per heavy atom. The standard InChI is InChI=1S/C9H18N2O5S/c1-6(10)8-5-11(3-4-16-8)17(14,15)7(2)9(12)13/h6-8H,3-5,10H2,1-2H3,(H,12,13). The van der Waals surface area contributed by atoms with E-state index >= 15 is 0 Å². The van der Waals surface area contributed by atoms with Gasteiger partial charge in [-0.25, -0.2) is 8.42 Å². The van der Waals surface area contributed by atoms with Crippen LogP contribution in [0.2, 0.25) is 0 Å². The quantitative estimate of drug-likeness (QED) is 0.664. The molecular weight excluding hydrogens is 248 g/mol. The molecular formula is C9H18N2O5S. The van der Waals surface area contributed by atoms with E-state index in [1.54, 1.807) is 6.92 Å². The zero-order chi connectivity index (χ0) is 13.2. The lowest BCUT2D eigenvalue weighted by Crippen LogP contribution is -2.53. The molecule has 0 aromatic heterocycles. The van der Waals surface area contributed by atoms with Crippen LogP contribution in [0.25, 0.3) is 0 Å². The number of carboxylic acid groups (broad SMARTS) is 1. The molecule has 1 aliphatic heterocycles. The number of morpholine rings is 1. The van der Waals surface area contributed by atoms with Crippen LogP contribution in [0.1, 0.15) is 13.8 Å². The van der Waals surface area contributed by atoms with Crippen molar-refractivity contribution in [2.45, 2.75) is 31.2 Å². The Morgan fingerprint density at radius 3 is 2.59 bits per heavy atom. The number of sulfonamides is 1. The van der Waals surface area contributed by atoms with Crippen LogP contribution in [-0.4, -0.2) is 60.9 Å². The second kappa shape index (κ2) is 5.30. The van der Waals surface area contributed by atoms with E-state index in [2.05, 4.69) is 0 Å². The van der Waals surface area contributed by atoms with E-state index in [-0.39, 0.29) is 31.8 Å². The van der Waals surface area contributed by atoms with Crippen LogP contribution < -0.4 is 5.73 Å². The maximum absolute atomic E-state index is 11.9. The first-order valence-corrected chi connectivity index (χ1v) is 6.86. The van der Waals surface area contributed by atoms with E-state index in [4.69, 9.17) is 15.6 Å². The van der Waals surface area contributed by atoms with Gasteiger partial charge in [-0.1, -0.05) is 0 Å². The Kier molecular flexibility index (Phi) is 4.48. The third-order valence-corrected chi connectivity index (χ3v) is 4.94. The van der Waals surface area contributed by atoms with Crippen LogP contribution in [0.3, 0.4) is 0 Å². The molecule has 1 aliphatic rings. The fourth-order valence-electron chi connectivity index (χ4n) is 1.55. The molecule has 100 valence electrons. The number of nitrogens with two attached hydrogens (primary N) is 1. The molecule has 0 aliphatic carbocycles. The van der Waals surface area contributed by atoms with E-state index < -0.39 is 21.2 Å². The molecule has 3 unspecified atom stereocenters. The van der Waals surface area contributed by atoms with Crippen LogP contribution in [0, 0.1) is 0 Å². The van der Waals surface area contributed by atoms with Crippen LogP contribution >= 0.6 is 0 Å². The highest BCUT2D eigenvalue weighted by molar-refractivity contribution is 7.90. The minimum Gasteiger partial charge on any atom is -0.480 e. The molecule has 8 heteroatoms. The number of ether oxygens (including phenoxy) is 1. The zero-order valence-electron chi connectivity index (χ0n) is 9.87. The van der Waals surface area contributed by atoms with Crippen LogP contribution in [0.4, 0.5) is 0 Å². The van der Waals surface area contributed by atoms with Gasteiger partial charge in [-0.2, -0.15) is 4.31 Å². The normalized spacial score (nSPS) is 26.4.